The molecule has 0 aliphatic heterocycles. The zero-order chi connectivity index (χ0) is 8.43. The average Bonchev–Trinajstić information content (AvgIpc) is 1.85. The first-order chi connectivity index (χ1) is 5.15. The summed E-state index contributed by atoms with van der Waals surface area (Å²) < 4.78 is 2.31. The molecule has 0 spiro atoms. The second-order valence-corrected chi connectivity index (χ2v) is 3.06. The normalized spacial score (nSPS) is 10.2. The molecule has 0 N–H and O–H groups in total. The number of hydrogen-bond donors (Lipinski definition) is 0. The maximum Gasteiger partial charge on any atom is 0.178 e. The predicted octanol–water partition coefficient (Wildman–Crippen LogP) is 1.92. The van der Waals surface area contributed by atoms with Crippen LogP contribution in [0.1, 0.15) is 23.9 Å². The molecule has 1 nitrogen and oxygen atoms in total. The highest BCUT2D eigenvalue weighted by molar-refractivity contribution is 5.13. The minimum Gasteiger partial charge on any atom is -0.201 e. The summed E-state index contributed by atoms with van der Waals surface area (Å²) in [6, 6.07) is 4.44. The number of pyridine rings is 1. The molecule has 60 valence electrons. The van der Waals surface area contributed by atoms with Gasteiger partial charge in [0.2, 0.25) is 0 Å². The van der Waals surface area contributed by atoms with E-state index in [1.807, 2.05) is 0 Å². The van der Waals surface area contributed by atoms with Crippen molar-refractivity contribution in [3.8, 4) is 0 Å². The van der Waals surface area contributed by atoms with E-state index in [9.17, 15) is 0 Å². The van der Waals surface area contributed by atoms with Crippen molar-refractivity contribution in [3.63, 3.8) is 0 Å². The van der Waals surface area contributed by atoms with Crippen LogP contribution in [0.25, 0.3) is 0 Å². The molecule has 0 bridgehead atoms. The first-order valence-electron chi connectivity index (χ1n) is 4.13. The topological polar surface area (TPSA) is 3.88 Å². The average molecular weight is 150 g/mol. The molecule has 0 saturated heterocycles. The summed E-state index contributed by atoms with van der Waals surface area (Å²) in [6.45, 7) is 9.69. The number of aromatic nitrogens is 1. The molecule has 0 atom stereocenters. The van der Waals surface area contributed by atoms with E-state index >= 15 is 0 Å². The van der Waals surface area contributed by atoms with Gasteiger partial charge in [-0.15, -0.1) is 0 Å². The first-order valence-corrected chi connectivity index (χ1v) is 4.13. The van der Waals surface area contributed by atoms with Crippen LogP contribution in [0.4, 0.5) is 0 Å². The van der Waals surface area contributed by atoms with E-state index in [2.05, 4.69) is 44.4 Å². The van der Waals surface area contributed by atoms with Crippen LogP contribution in [0, 0.1) is 20.8 Å². The number of nitrogens with zero attached hydrogens (tertiary/aromatic N) is 1. The Labute approximate surface area is 68.7 Å². The summed E-state index contributed by atoms with van der Waals surface area (Å²) in [7, 11) is 0. The summed E-state index contributed by atoms with van der Waals surface area (Å²) in [4.78, 5) is 0. The maximum atomic E-state index is 2.31. The summed E-state index contributed by atoms with van der Waals surface area (Å²) >= 11 is 0. The lowest BCUT2D eigenvalue weighted by Crippen LogP contribution is -2.39. The van der Waals surface area contributed by atoms with Crippen LogP contribution in [0.3, 0.4) is 0 Å². The lowest BCUT2D eigenvalue weighted by molar-refractivity contribution is -0.705. The summed E-state index contributed by atoms with van der Waals surface area (Å²) in [5, 5.41) is 0. The fourth-order valence-corrected chi connectivity index (χ4v) is 1.63. The maximum absolute atomic E-state index is 2.31. The highest BCUT2D eigenvalue weighted by atomic mass is 15.0. The Balaban J connectivity index is 3.25. The SMILES string of the molecule is CC[n+]1c(C)cc(C)cc1C. The van der Waals surface area contributed by atoms with Gasteiger partial charge < -0.3 is 0 Å². The van der Waals surface area contributed by atoms with E-state index in [-0.39, 0.29) is 0 Å². The standard InChI is InChI=1S/C10H16N/c1-5-11-9(3)6-8(2)7-10(11)4/h6-7H,5H2,1-4H3/q+1. The molecule has 1 aromatic rings. The van der Waals surface area contributed by atoms with E-state index in [0.29, 0.717) is 0 Å². The van der Waals surface area contributed by atoms with Gasteiger partial charge in [0.1, 0.15) is 6.54 Å². The zero-order valence-electron chi connectivity index (χ0n) is 7.81. The fourth-order valence-electron chi connectivity index (χ4n) is 1.63. The second-order valence-electron chi connectivity index (χ2n) is 3.06. The molecule has 0 aliphatic carbocycles. The molecule has 0 saturated carbocycles. The van der Waals surface area contributed by atoms with E-state index in [0.717, 1.165) is 6.54 Å². The Morgan fingerprint density at radius 1 is 1.09 bits per heavy atom. The summed E-state index contributed by atoms with van der Waals surface area (Å²) in [5.74, 6) is 0. The third-order valence-corrected chi connectivity index (χ3v) is 2.04. The van der Waals surface area contributed by atoms with Crippen LogP contribution < -0.4 is 4.57 Å². The van der Waals surface area contributed by atoms with Crippen LogP contribution in [-0.2, 0) is 6.54 Å². The largest absolute Gasteiger partial charge is 0.201 e. The Bertz CT molecular complexity index is 241. The summed E-state index contributed by atoms with van der Waals surface area (Å²) in [5.41, 5.74) is 4.06. The molecular formula is C10H16N+. The lowest BCUT2D eigenvalue weighted by Gasteiger charge is -2.01. The minimum atomic E-state index is 1.07. The molecule has 0 fully saturated rings. The van der Waals surface area contributed by atoms with Crippen molar-refractivity contribution >= 4 is 0 Å². The van der Waals surface area contributed by atoms with Crippen molar-refractivity contribution in [1.82, 2.24) is 0 Å². The Hall–Kier alpha value is -0.850. The molecule has 1 heterocycles. The minimum absolute atomic E-state index is 1.07. The highest BCUT2D eigenvalue weighted by Gasteiger charge is 2.07. The second kappa shape index (κ2) is 3.04. The smallest absolute Gasteiger partial charge is 0.178 e. The van der Waals surface area contributed by atoms with Gasteiger partial charge in [0.05, 0.1) is 0 Å². The van der Waals surface area contributed by atoms with Gasteiger partial charge in [-0.25, -0.2) is 4.57 Å². The zero-order valence-corrected chi connectivity index (χ0v) is 7.81. The van der Waals surface area contributed by atoms with Crippen LogP contribution in [0.5, 0.6) is 0 Å². The molecular weight excluding hydrogens is 134 g/mol. The van der Waals surface area contributed by atoms with Crippen molar-refractivity contribution in [2.24, 2.45) is 0 Å². The van der Waals surface area contributed by atoms with Gasteiger partial charge in [-0.3, -0.25) is 0 Å². The molecule has 1 rings (SSSR count). The predicted molar refractivity (Wildman–Crippen MR) is 46.5 cm³/mol. The van der Waals surface area contributed by atoms with Crippen molar-refractivity contribution in [2.45, 2.75) is 34.2 Å². The summed E-state index contributed by atoms with van der Waals surface area (Å²) in [6.07, 6.45) is 0. The molecule has 0 aromatic carbocycles. The van der Waals surface area contributed by atoms with Gasteiger partial charge in [-0.05, 0) is 19.4 Å². The monoisotopic (exact) mass is 150 g/mol. The van der Waals surface area contributed by atoms with Crippen LogP contribution in [-0.4, -0.2) is 0 Å². The Morgan fingerprint density at radius 3 is 1.91 bits per heavy atom. The quantitative estimate of drug-likeness (QED) is 0.538. The van der Waals surface area contributed by atoms with Crippen molar-refractivity contribution in [2.75, 3.05) is 0 Å². The van der Waals surface area contributed by atoms with Gasteiger partial charge >= 0.3 is 0 Å². The molecule has 0 radical (unpaired) electrons. The molecule has 11 heavy (non-hydrogen) atoms. The van der Waals surface area contributed by atoms with Gasteiger partial charge in [-0.1, -0.05) is 0 Å². The molecule has 1 aromatic heterocycles. The van der Waals surface area contributed by atoms with E-state index in [1.54, 1.807) is 0 Å². The first kappa shape index (κ1) is 8.25. The Kier molecular flexibility index (Phi) is 2.28. The van der Waals surface area contributed by atoms with E-state index in [4.69, 9.17) is 0 Å². The van der Waals surface area contributed by atoms with Crippen molar-refractivity contribution in [3.05, 3.63) is 29.1 Å². The third kappa shape index (κ3) is 1.59. The highest BCUT2D eigenvalue weighted by Crippen LogP contribution is 2.00. The number of aryl methyl sites for hydroxylation is 3. The van der Waals surface area contributed by atoms with Crippen molar-refractivity contribution in [1.29, 1.82) is 0 Å². The lowest BCUT2D eigenvalue weighted by atomic mass is 10.2. The third-order valence-electron chi connectivity index (χ3n) is 2.04. The van der Waals surface area contributed by atoms with E-state index < -0.39 is 0 Å². The van der Waals surface area contributed by atoms with Gasteiger partial charge in [0.25, 0.3) is 0 Å². The van der Waals surface area contributed by atoms with Gasteiger partial charge in [0, 0.05) is 26.0 Å². The Morgan fingerprint density at radius 2 is 1.55 bits per heavy atom. The van der Waals surface area contributed by atoms with Crippen molar-refractivity contribution < 1.29 is 4.57 Å². The van der Waals surface area contributed by atoms with Crippen LogP contribution >= 0.6 is 0 Å². The molecule has 0 unspecified atom stereocenters. The molecule has 1 heteroatoms. The molecule has 0 amide bonds. The van der Waals surface area contributed by atoms with Gasteiger partial charge in [-0.2, -0.15) is 0 Å². The van der Waals surface area contributed by atoms with E-state index in [1.165, 1.54) is 17.0 Å². The van der Waals surface area contributed by atoms with Crippen LogP contribution in [0.15, 0.2) is 12.1 Å². The fraction of sp³-hybridized carbons (Fsp3) is 0.500. The molecule has 0 aliphatic rings. The number of rotatable bonds is 1. The number of hydrogen-bond acceptors (Lipinski definition) is 0. The van der Waals surface area contributed by atoms with Crippen LogP contribution in [0.2, 0.25) is 0 Å². The van der Waals surface area contributed by atoms with Gasteiger partial charge in [0.15, 0.2) is 11.4 Å².